The summed E-state index contributed by atoms with van der Waals surface area (Å²) in [5, 5.41) is 40.3. The molecule has 0 aromatic carbocycles. The van der Waals surface area contributed by atoms with Crippen LogP contribution < -0.4 is 0 Å². The van der Waals surface area contributed by atoms with E-state index in [-0.39, 0.29) is 19.2 Å². The van der Waals surface area contributed by atoms with E-state index in [4.69, 9.17) is 18.9 Å². The van der Waals surface area contributed by atoms with Crippen molar-refractivity contribution in [2.75, 3.05) is 26.4 Å². The van der Waals surface area contributed by atoms with Crippen LogP contribution in [-0.4, -0.2) is 89.6 Å². The Kier molecular flexibility index (Phi) is 44.1. The molecular weight excluding hydrogens is 829 g/mol. The molecule has 1 aliphatic rings. The Hall–Kier alpha value is -2.63. The second-order valence-corrected chi connectivity index (χ2v) is 17.9. The second-order valence-electron chi connectivity index (χ2n) is 17.9. The minimum Gasteiger partial charge on any atom is -0.457 e. The summed E-state index contributed by atoms with van der Waals surface area (Å²) in [7, 11) is 0. The Morgan fingerprint density at radius 1 is 0.500 bits per heavy atom. The molecule has 1 saturated heterocycles. The number of ether oxygens (including phenoxy) is 4. The van der Waals surface area contributed by atoms with Gasteiger partial charge in [-0.2, -0.15) is 0 Å². The molecule has 0 bridgehead atoms. The van der Waals surface area contributed by atoms with E-state index in [2.05, 4.69) is 98.9 Å². The molecular formula is C57H98O9. The van der Waals surface area contributed by atoms with Gasteiger partial charge in [0.15, 0.2) is 6.29 Å². The zero-order valence-electron chi connectivity index (χ0n) is 41.9. The maximum Gasteiger partial charge on any atom is 0.306 e. The van der Waals surface area contributed by atoms with Gasteiger partial charge < -0.3 is 39.4 Å². The maximum atomic E-state index is 12.8. The predicted octanol–water partition coefficient (Wildman–Crippen LogP) is 13.4. The van der Waals surface area contributed by atoms with Crippen molar-refractivity contribution in [3.63, 3.8) is 0 Å². The number of carbonyl (C=O) groups excluding carboxylic acids is 1. The molecule has 0 aliphatic carbocycles. The summed E-state index contributed by atoms with van der Waals surface area (Å²) in [6.07, 6.45) is 57.6. The van der Waals surface area contributed by atoms with Gasteiger partial charge in [-0.05, 0) is 89.9 Å². The van der Waals surface area contributed by atoms with E-state index in [0.29, 0.717) is 13.0 Å². The number of rotatable bonds is 45. The molecule has 66 heavy (non-hydrogen) atoms. The summed E-state index contributed by atoms with van der Waals surface area (Å²) in [6, 6.07) is 0. The highest BCUT2D eigenvalue weighted by Crippen LogP contribution is 2.23. The number of esters is 1. The maximum absolute atomic E-state index is 12.8. The largest absolute Gasteiger partial charge is 0.457 e. The van der Waals surface area contributed by atoms with Crippen molar-refractivity contribution in [1.29, 1.82) is 0 Å². The highest BCUT2D eigenvalue weighted by Gasteiger charge is 2.44. The lowest BCUT2D eigenvalue weighted by molar-refractivity contribution is -0.305. The van der Waals surface area contributed by atoms with E-state index in [1.807, 2.05) is 0 Å². The molecule has 1 heterocycles. The van der Waals surface area contributed by atoms with Gasteiger partial charge >= 0.3 is 5.97 Å². The fourth-order valence-electron chi connectivity index (χ4n) is 7.67. The molecule has 1 fully saturated rings. The second kappa shape index (κ2) is 47.4. The first-order valence-corrected chi connectivity index (χ1v) is 26.7. The van der Waals surface area contributed by atoms with Gasteiger partial charge in [0.1, 0.15) is 30.5 Å². The van der Waals surface area contributed by atoms with Crippen molar-refractivity contribution < 1.29 is 44.2 Å². The molecule has 0 radical (unpaired) electrons. The fourth-order valence-corrected chi connectivity index (χ4v) is 7.67. The van der Waals surface area contributed by atoms with Crippen LogP contribution in [-0.2, 0) is 23.7 Å². The Morgan fingerprint density at radius 2 is 0.924 bits per heavy atom. The quantitative estimate of drug-likeness (QED) is 0.0267. The van der Waals surface area contributed by atoms with E-state index in [9.17, 15) is 25.2 Å². The van der Waals surface area contributed by atoms with Gasteiger partial charge in [0.05, 0.1) is 19.8 Å². The minimum atomic E-state index is -1.54. The van der Waals surface area contributed by atoms with Crippen LogP contribution in [0, 0.1) is 0 Å². The number of carbonyl (C=O) groups is 1. The van der Waals surface area contributed by atoms with Gasteiger partial charge in [0.25, 0.3) is 0 Å². The highest BCUT2D eigenvalue weighted by atomic mass is 16.7. The number of hydrogen-bond donors (Lipinski definition) is 4. The van der Waals surface area contributed by atoms with Gasteiger partial charge in [0.2, 0.25) is 0 Å². The van der Waals surface area contributed by atoms with Crippen LogP contribution in [0.5, 0.6) is 0 Å². The third-order valence-electron chi connectivity index (χ3n) is 11.8. The lowest BCUT2D eigenvalue weighted by Crippen LogP contribution is -2.59. The molecule has 4 N–H and O–H groups in total. The number of unbranched alkanes of at least 4 members (excludes halogenated alkanes) is 20. The first-order chi connectivity index (χ1) is 32.4. The molecule has 9 heteroatoms. The summed E-state index contributed by atoms with van der Waals surface area (Å²) in [5.74, 6) is -0.325. The van der Waals surface area contributed by atoms with E-state index < -0.39 is 43.4 Å². The van der Waals surface area contributed by atoms with Crippen LogP contribution in [0.1, 0.15) is 206 Å². The van der Waals surface area contributed by atoms with Crippen molar-refractivity contribution in [1.82, 2.24) is 0 Å². The molecule has 0 aromatic rings. The van der Waals surface area contributed by atoms with Gasteiger partial charge in [-0.1, -0.05) is 195 Å². The molecule has 6 unspecified atom stereocenters. The van der Waals surface area contributed by atoms with Crippen LogP contribution in [0.2, 0.25) is 0 Å². The lowest BCUT2D eigenvalue weighted by Gasteiger charge is -2.39. The van der Waals surface area contributed by atoms with Crippen molar-refractivity contribution in [2.45, 2.75) is 243 Å². The van der Waals surface area contributed by atoms with Crippen LogP contribution in [0.3, 0.4) is 0 Å². The van der Waals surface area contributed by atoms with Crippen LogP contribution in [0.4, 0.5) is 0 Å². The van der Waals surface area contributed by atoms with E-state index in [1.54, 1.807) is 0 Å². The monoisotopic (exact) mass is 927 g/mol. The van der Waals surface area contributed by atoms with E-state index in [0.717, 1.165) is 83.5 Å². The average molecular weight is 927 g/mol. The normalized spacial score (nSPS) is 20.0. The molecule has 380 valence electrons. The first-order valence-electron chi connectivity index (χ1n) is 26.7. The Morgan fingerprint density at radius 3 is 1.39 bits per heavy atom. The molecule has 0 amide bonds. The first kappa shape index (κ1) is 61.4. The summed E-state index contributed by atoms with van der Waals surface area (Å²) < 4.78 is 22.9. The minimum absolute atomic E-state index is 0.122. The van der Waals surface area contributed by atoms with Gasteiger partial charge in [-0.3, -0.25) is 4.79 Å². The standard InChI is InChI=1S/C57H98O9/c1-3-5-7-9-11-13-15-17-19-21-22-23-24-25-26-27-28-29-31-33-35-37-39-41-43-45-47-63-49-51(50-64-57-56(62)55(61)54(60)52(48-58)66-57)65-53(59)46-44-42-40-38-36-34-32-30-20-18-16-14-12-10-8-6-4-2/h5,7,11-14,17-20,22-23,25-26,51-52,54-58,60-62H,3-4,6,8-10,15-16,21,24,27-50H2,1-2H3/b7-5-,13-11-,14-12-,19-17-,20-18-,23-22-,26-25-. The zero-order valence-corrected chi connectivity index (χ0v) is 41.9. The lowest BCUT2D eigenvalue weighted by atomic mass is 9.99. The number of allylic oxidation sites excluding steroid dienone is 14. The summed E-state index contributed by atoms with van der Waals surface area (Å²) in [4.78, 5) is 12.8. The van der Waals surface area contributed by atoms with Crippen molar-refractivity contribution in [2.24, 2.45) is 0 Å². The van der Waals surface area contributed by atoms with Gasteiger partial charge in [-0.25, -0.2) is 0 Å². The SMILES string of the molecule is CC/C=C\C/C=C\C/C=C\C/C=C\C/C=C\CCCCCCCCCCCCOCC(COC1OC(CO)C(O)C(O)C1O)OC(=O)CCCCCCCCC/C=C\C/C=C\CCCCC. The molecule has 1 rings (SSSR count). The summed E-state index contributed by atoms with van der Waals surface area (Å²) >= 11 is 0. The van der Waals surface area contributed by atoms with Crippen molar-refractivity contribution >= 4 is 5.97 Å². The molecule has 0 aromatic heterocycles. The average Bonchev–Trinajstić information content (AvgIpc) is 3.32. The number of hydrogen-bond acceptors (Lipinski definition) is 9. The summed E-state index contributed by atoms with van der Waals surface area (Å²) in [6.45, 7) is 4.40. The van der Waals surface area contributed by atoms with Gasteiger partial charge in [-0.15, -0.1) is 0 Å². The number of aliphatic hydroxyl groups excluding tert-OH is 4. The van der Waals surface area contributed by atoms with Crippen molar-refractivity contribution in [3.05, 3.63) is 85.1 Å². The van der Waals surface area contributed by atoms with Crippen LogP contribution >= 0.6 is 0 Å². The topological polar surface area (TPSA) is 135 Å². The van der Waals surface area contributed by atoms with Gasteiger partial charge in [0, 0.05) is 13.0 Å². The molecule has 1 aliphatic heterocycles. The number of aliphatic hydroxyl groups is 4. The predicted molar refractivity (Wildman–Crippen MR) is 274 cm³/mol. The zero-order chi connectivity index (χ0) is 47.8. The summed E-state index contributed by atoms with van der Waals surface area (Å²) in [5.41, 5.74) is 0. The Balaban J connectivity index is 2.19. The van der Waals surface area contributed by atoms with Crippen LogP contribution in [0.15, 0.2) is 85.1 Å². The Labute approximate surface area is 403 Å². The fraction of sp³-hybridized carbons (Fsp3) is 0.737. The molecule has 0 saturated carbocycles. The third-order valence-corrected chi connectivity index (χ3v) is 11.8. The van der Waals surface area contributed by atoms with E-state index in [1.165, 1.54) is 103 Å². The molecule has 9 nitrogen and oxygen atoms in total. The van der Waals surface area contributed by atoms with Crippen molar-refractivity contribution in [3.8, 4) is 0 Å². The van der Waals surface area contributed by atoms with E-state index >= 15 is 0 Å². The molecule has 6 atom stereocenters. The third kappa shape index (κ3) is 37.4. The Bertz CT molecular complexity index is 1280. The molecule has 0 spiro atoms. The smallest absolute Gasteiger partial charge is 0.306 e. The highest BCUT2D eigenvalue weighted by molar-refractivity contribution is 5.69. The van der Waals surface area contributed by atoms with Crippen LogP contribution in [0.25, 0.3) is 0 Å².